The van der Waals surface area contributed by atoms with Crippen LogP contribution >= 0.6 is 0 Å². The van der Waals surface area contributed by atoms with Crippen LogP contribution in [0, 0.1) is 0 Å². The lowest BCUT2D eigenvalue weighted by atomic mass is 10.0. The summed E-state index contributed by atoms with van der Waals surface area (Å²) in [7, 11) is 3.40. The lowest BCUT2D eigenvalue weighted by Crippen LogP contribution is -2.29. The second-order valence-corrected chi connectivity index (χ2v) is 6.10. The monoisotopic (exact) mass is 339 g/mol. The van der Waals surface area contributed by atoms with Crippen LogP contribution in [0.1, 0.15) is 48.1 Å². The molecule has 0 aliphatic carbocycles. The molecule has 2 aromatic rings. The van der Waals surface area contributed by atoms with Crippen LogP contribution in [-0.4, -0.2) is 30.7 Å². The zero-order chi connectivity index (χ0) is 18.2. The fourth-order valence-corrected chi connectivity index (χ4v) is 2.67. The fourth-order valence-electron chi connectivity index (χ4n) is 2.67. The number of benzene rings is 2. The Morgan fingerprint density at radius 3 is 2.24 bits per heavy atom. The number of hydrogen-bond donors (Lipinski definition) is 0. The molecule has 0 aliphatic rings. The van der Waals surface area contributed by atoms with Crippen molar-refractivity contribution in [3.63, 3.8) is 0 Å². The third-order valence-corrected chi connectivity index (χ3v) is 4.46. The van der Waals surface area contributed by atoms with Crippen LogP contribution in [0.3, 0.4) is 0 Å². The number of amides is 1. The van der Waals surface area contributed by atoms with Crippen molar-refractivity contribution < 1.29 is 14.3 Å². The first-order valence-corrected chi connectivity index (χ1v) is 8.50. The number of methoxy groups -OCH3 is 1. The predicted octanol–water partition coefficient (Wildman–Crippen LogP) is 4.27. The molecule has 0 aliphatic heterocycles. The number of carbonyl (C=O) groups excluding carboxylic acids is 2. The maximum Gasteiger partial charge on any atom is 0.222 e. The summed E-state index contributed by atoms with van der Waals surface area (Å²) in [5.41, 5.74) is 1.76. The maximum atomic E-state index is 12.4. The summed E-state index contributed by atoms with van der Waals surface area (Å²) in [5.74, 6) is 0.830. The lowest BCUT2D eigenvalue weighted by Gasteiger charge is -2.25. The molecule has 2 rings (SSSR count). The van der Waals surface area contributed by atoms with Crippen LogP contribution in [0.15, 0.2) is 54.6 Å². The van der Waals surface area contributed by atoms with Gasteiger partial charge in [-0.3, -0.25) is 9.59 Å². The van der Waals surface area contributed by atoms with Crippen LogP contribution in [0.4, 0.5) is 0 Å². The minimum atomic E-state index is 0.0194. The van der Waals surface area contributed by atoms with Gasteiger partial charge < -0.3 is 9.64 Å². The van der Waals surface area contributed by atoms with Gasteiger partial charge in [-0.2, -0.15) is 0 Å². The summed E-state index contributed by atoms with van der Waals surface area (Å²) in [6.45, 7) is 2.01. The molecular weight excluding hydrogens is 314 g/mol. The Hall–Kier alpha value is -2.62. The molecule has 0 saturated heterocycles. The highest BCUT2D eigenvalue weighted by Crippen LogP contribution is 2.20. The van der Waals surface area contributed by atoms with Gasteiger partial charge in [-0.1, -0.05) is 30.3 Å². The van der Waals surface area contributed by atoms with Crippen molar-refractivity contribution in [1.82, 2.24) is 4.90 Å². The molecule has 0 radical (unpaired) electrons. The van der Waals surface area contributed by atoms with Gasteiger partial charge in [-0.25, -0.2) is 0 Å². The molecule has 0 spiro atoms. The molecule has 2 aromatic carbocycles. The van der Waals surface area contributed by atoms with Gasteiger partial charge in [0.1, 0.15) is 5.75 Å². The van der Waals surface area contributed by atoms with Crippen molar-refractivity contribution in [2.45, 2.75) is 32.2 Å². The summed E-state index contributed by atoms with van der Waals surface area (Å²) >= 11 is 0. The second-order valence-electron chi connectivity index (χ2n) is 6.10. The zero-order valence-corrected chi connectivity index (χ0v) is 15.1. The van der Waals surface area contributed by atoms with E-state index in [0.717, 1.165) is 11.3 Å². The predicted molar refractivity (Wildman–Crippen MR) is 98.8 cm³/mol. The van der Waals surface area contributed by atoms with E-state index in [2.05, 4.69) is 0 Å². The van der Waals surface area contributed by atoms with E-state index in [0.29, 0.717) is 24.8 Å². The first-order valence-electron chi connectivity index (χ1n) is 8.50. The maximum absolute atomic E-state index is 12.4. The third-order valence-electron chi connectivity index (χ3n) is 4.46. The molecule has 0 fully saturated rings. The number of nitrogens with zero attached hydrogens (tertiary/aromatic N) is 1. The number of rotatable bonds is 8. The summed E-state index contributed by atoms with van der Waals surface area (Å²) in [6, 6.07) is 17.0. The third kappa shape index (κ3) is 5.18. The number of ether oxygens (including phenoxy) is 1. The van der Waals surface area contributed by atoms with Crippen LogP contribution in [0.25, 0.3) is 0 Å². The minimum absolute atomic E-state index is 0.0194. The highest BCUT2D eigenvalue weighted by atomic mass is 16.5. The van der Waals surface area contributed by atoms with E-state index >= 15 is 0 Å². The Morgan fingerprint density at radius 2 is 1.64 bits per heavy atom. The van der Waals surface area contributed by atoms with Gasteiger partial charge in [0.05, 0.1) is 13.2 Å². The molecule has 0 bridgehead atoms. The molecule has 0 N–H and O–H groups in total. The van der Waals surface area contributed by atoms with E-state index in [1.807, 2.05) is 44.3 Å². The molecular formula is C21H25NO3. The summed E-state index contributed by atoms with van der Waals surface area (Å²) in [4.78, 5) is 26.3. The smallest absolute Gasteiger partial charge is 0.222 e. The van der Waals surface area contributed by atoms with E-state index in [9.17, 15) is 9.59 Å². The molecule has 4 nitrogen and oxygen atoms in total. The SMILES string of the molecule is COc1ccc(C(=O)CCCC(=O)N(C)C(C)c2ccccc2)cc1. The van der Waals surface area contributed by atoms with E-state index < -0.39 is 0 Å². The Bertz CT molecular complexity index is 695. The zero-order valence-electron chi connectivity index (χ0n) is 15.1. The first-order chi connectivity index (χ1) is 12.0. The van der Waals surface area contributed by atoms with E-state index in [1.54, 1.807) is 36.3 Å². The molecule has 1 amide bonds. The normalized spacial score (nSPS) is 11.6. The van der Waals surface area contributed by atoms with Gasteiger partial charge in [0.25, 0.3) is 0 Å². The molecule has 0 saturated carbocycles. The number of carbonyl (C=O) groups is 2. The quantitative estimate of drug-likeness (QED) is 0.675. The Kier molecular flexibility index (Phi) is 6.75. The number of Topliss-reactive ketones (excluding diaryl/α,β-unsaturated/α-hetero) is 1. The highest BCUT2D eigenvalue weighted by molar-refractivity contribution is 5.96. The van der Waals surface area contributed by atoms with Gasteiger partial charge in [0.2, 0.25) is 5.91 Å². The van der Waals surface area contributed by atoms with Crippen molar-refractivity contribution in [2.75, 3.05) is 14.2 Å². The van der Waals surface area contributed by atoms with E-state index in [-0.39, 0.29) is 17.7 Å². The molecule has 132 valence electrons. The number of ketones is 1. The highest BCUT2D eigenvalue weighted by Gasteiger charge is 2.17. The van der Waals surface area contributed by atoms with Crippen LogP contribution < -0.4 is 4.74 Å². The van der Waals surface area contributed by atoms with E-state index in [1.165, 1.54) is 0 Å². The average Bonchev–Trinajstić information content (AvgIpc) is 2.67. The Balaban J connectivity index is 1.81. The van der Waals surface area contributed by atoms with Crippen molar-refractivity contribution in [2.24, 2.45) is 0 Å². The van der Waals surface area contributed by atoms with Crippen molar-refractivity contribution in [3.05, 3.63) is 65.7 Å². The molecule has 25 heavy (non-hydrogen) atoms. The van der Waals surface area contributed by atoms with Gasteiger partial charge in [-0.05, 0) is 43.2 Å². The lowest BCUT2D eigenvalue weighted by molar-refractivity contribution is -0.131. The largest absolute Gasteiger partial charge is 0.497 e. The summed E-state index contributed by atoms with van der Waals surface area (Å²) < 4.78 is 5.09. The van der Waals surface area contributed by atoms with Gasteiger partial charge in [-0.15, -0.1) is 0 Å². The average molecular weight is 339 g/mol. The molecule has 1 atom stereocenters. The van der Waals surface area contributed by atoms with Gasteiger partial charge >= 0.3 is 0 Å². The van der Waals surface area contributed by atoms with Gasteiger partial charge in [0.15, 0.2) is 5.78 Å². The summed E-state index contributed by atoms with van der Waals surface area (Å²) in [6.07, 6.45) is 1.29. The molecule has 0 aromatic heterocycles. The topological polar surface area (TPSA) is 46.6 Å². The minimum Gasteiger partial charge on any atom is -0.497 e. The Morgan fingerprint density at radius 1 is 1.00 bits per heavy atom. The Labute approximate surface area is 149 Å². The second kappa shape index (κ2) is 9.02. The first kappa shape index (κ1) is 18.7. The number of hydrogen-bond acceptors (Lipinski definition) is 3. The van der Waals surface area contributed by atoms with Crippen molar-refractivity contribution in [3.8, 4) is 5.75 Å². The van der Waals surface area contributed by atoms with Crippen molar-refractivity contribution in [1.29, 1.82) is 0 Å². The molecule has 1 unspecified atom stereocenters. The summed E-state index contributed by atoms with van der Waals surface area (Å²) in [5, 5.41) is 0. The fraction of sp³-hybridized carbons (Fsp3) is 0.333. The standard InChI is InChI=1S/C21H25NO3/c1-16(17-8-5-4-6-9-17)22(2)21(24)11-7-10-20(23)18-12-14-19(25-3)15-13-18/h4-6,8-9,12-16H,7,10-11H2,1-3H3. The molecule has 4 heteroatoms. The molecule has 0 heterocycles. The van der Waals surface area contributed by atoms with Crippen LogP contribution in [0.5, 0.6) is 5.75 Å². The van der Waals surface area contributed by atoms with Crippen molar-refractivity contribution >= 4 is 11.7 Å². The van der Waals surface area contributed by atoms with Gasteiger partial charge in [0, 0.05) is 25.5 Å². The van der Waals surface area contributed by atoms with Crippen LogP contribution in [0.2, 0.25) is 0 Å². The van der Waals surface area contributed by atoms with E-state index in [4.69, 9.17) is 4.74 Å². The van der Waals surface area contributed by atoms with Crippen LogP contribution in [-0.2, 0) is 4.79 Å².